The molecular formula is C23H24F3LiN2O3. The van der Waals surface area contributed by atoms with Gasteiger partial charge in [0.25, 0.3) is 0 Å². The molecule has 1 amide bonds. The molecule has 2 aromatic carbocycles. The predicted octanol–water partition coefficient (Wildman–Crippen LogP) is 0.305. The van der Waals surface area contributed by atoms with Gasteiger partial charge < -0.3 is 15.2 Å². The zero-order chi connectivity index (χ0) is 22.8. The van der Waals surface area contributed by atoms with E-state index >= 15 is 0 Å². The summed E-state index contributed by atoms with van der Waals surface area (Å²) in [7, 11) is 0. The molecule has 2 atom stereocenters. The van der Waals surface area contributed by atoms with E-state index in [1.165, 1.54) is 18.2 Å². The van der Waals surface area contributed by atoms with E-state index in [1.54, 1.807) is 32.0 Å². The van der Waals surface area contributed by atoms with E-state index in [-0.39, 0.29) is 42.9 Å². The summed E-state index contributed by atoms with van der Waals surface area (Å²) in [5.41, 5.74) is -0.264. The number of carboxylic acids is 1. The van der Waals surface area contributed by atoms with Crippen LogP contribution in [0.4, 0.5) is 13.2 Å². The summed E-state index contributed by atoms with van der Waals surface area (Å²) in [4.78, 5) is 25.9. The number of nitrogens with one attached hydrogen (secondary N) is 1. The molecule has 9 heteroatoms. The Morgan fingerprint density at radius 2 is 1.84 bits per heavy atom. The Balaban J connectivity index is 0.00000363. The molecule has 1 N–H and O–H groups in total. The van der Waals surface area contributed by atoms with Crippen molar-refractivity contribution in [2.45, 2.75) is 51.0 Å². The summed E-state index contributed by atoms with van der Waals surface area (Å²) in [5, 5.41) is 13.8. The van der Waals surface area contributed by atoms with Crippen molar-refractivity contribution in [2.24, 2.45) is 0 Å². The van der Waals surface area contributed by atoms with E-state index in [4.69, 9.17) is 0 Å². The maximum Gasteiger partial charge on any atom is 1.00 e. The van der Waals surface area contributed by atoms with Crippen LogP contribution in [0.5, 0.6) is 0 Å². The molecule has 0 aromatic heterocycles. The van der Waals surface area contributed by atoms with E-state index in [9.17, 15) is 27.9 Å². The van der Waals surface area contributed by atoms with E-state index in [0.29, 0.717) is 18.5 Å². The molecule has 0 spiro atoms. The van der Waals surface area contributed by atoms with Gasteiger partial charge in [-0.05, 0) is 56.0 Å². The van der Waals surface area contributed by atoms with Crippen LogP contribution in [-0.2, 0) is 17.5 Å². The number of likely N-dealkylation sites (tertiary alicyclic amines) is 1. The summed E-state index contributed by atoms with van der Waals surface area (Å²) in [6.45, 7) is 4.44. The Hall–Kier alpha value is -2.27. The second-order valence-corrected chi connectivity index (χ2v) is 8.10. The molecule has 32 heavy (non-hydrogen) atoms. The van der Waals surface area contributed by atoms with Crippen LogP contribution in [0.15, 0.2) is 48.5 Å². The molecule has 1 saturated heterocycles. The normalized spacial score (nSPS) is 19.8. The monoisotopic (exact) mass is 440 g/mol. The van der Waals surface area contributed by atoms with Crippen LogP contribution in [0.1, 0.15) is 59.8 Å². The average Bonchev–Trinajstić information content (AvgIpc) is 3.09. The molecule has 3 rings (SSSR count). The molecular weight excluding hydrogens is 416 g/mol. The fourth-order valence-electron chi connectivity index (χ4n) is 3.94. The van der Waals surface area contributed by atoms with Crippen molar-refractivity contribution in [3.05, 3.63) is 70.8 Å². The van der Waals surface area contributed by atoms with Crippen molar-refractivity contribution in [3.63, 3.8) is 0 Å². The Labute approximate surface area is 197 Å². The first-order valence-electron chi connectivity index (χ1n) is 10.0. The Morgan fingerprint density at radius 3 is 2.44 bits per heavy atom. The van der Waals surface area contributed by atoms with Gasteiger partial charge in [0.05, 0.1) is 23.1 Å². The molecule has 5 nitrogen and oxygen atoms in total. The van der Waals surface area contributed by atoms with Crippen LogP contribution >= 0.6 is 0 Å². The number of carbonyl (C=O) groups excluding carboxylic acids is 2. The number of nitrogens with zero attached hydrogens (tertiary/aromatic N) is 1. The molecule has 0 aliphatic carbocycles. The molecule has 166 valence electrons. The van der Waals surface area contributed by atoms with Crippen molar-refractivity contribution in [1.82, 2.24) is 10.2 Å². The van der Waals surface area contributed by atoms with Crippen molar-refractivity contribution >= 4 is 11.9 Å². The largest absolute Gasteiger partial charge is 1.00 e. The van der Waals surface area contributed by atoms with Gasteiger partial charge in [0, 0.05) is 6.54 Å². The van der Waals surface area contributed by atoms with Crippen LogP contribution in [0, 0.1) is 0 Å². The summed E-state index contributed by atoms with van der Waals surface area (Å²) < 4.78 is 39.1. The van der Waals surface area contributed by atoms with Gasteiger partial charge in [0.1, 0.15) is 0 Å². The first-order chi connectivity index (χ1) is 14.5. The minimum Gasteiger partial charge on any atom is -0.545 e. The molecule has 2 aromatic rings. The molecule has 0 saturated carbocycles. The van der Waals surface area contributed by atoms with E-state index in [1.807, 2.05) is 4.90 Å². The first kappa shape index (κ1) is 26.0. The van der Waals surface area contributed by atoms with E-state index in [2.05, 4.69) is 5.32 Å². The topological polar surface area (TPSA) is 72.5 Å². The first-order valence-corrected chi connectivity index (χ1v) is 10.0. The predicted molar refractivity (Wildman–Crippen MR) is 107 cm³/mol. The molecule has 0 radical (unpaired) electrons. The van der Waals surface area contributed by atoms with Gasteiger partial charge in [-0.3, -0.25) is 9.69 Å². The number of halogens is 3. The van der Waals surface area contributed by atoms with Crippen LogP contribution in [0.25, 0.3) is 0 Å². The second-order valence-electron chi connectivity index (χ2n) is 8.10. The van der Waals surface area contributed by atoms with Crippen LogP contribution < -0.4 is 29.3 Å². The molecule has 1 fully saturated rings. The summed E-state index contributed by atoms with van der Waals surface area (Å²) in [5.74, 6) is -1.49. The van der Waals surface area contributed by atoms with Gasteiger partial charge >= 0.3 is 25.0 Å². The van der Waals surface area contributed by atoms with Gasteiger partial charge in [-0.15, -0.1) is 0 Å². The summed E-state index contributed by atoms with van der Waals surface area (Å²) in [6, 6.07) is 10.9. The maximum absolute atomic E-state index is 13.1. The van der Waals surface area contributed by atoms with Crippen molar-refractivity contribution in [2.75, 3.05) is 6.54 Å². The minimum absolute atomic E-state index is 0. The zero-order valence-corrected chi connectivity index (χ0v) is 18.3. The van der Waals surface area contributed by atoms with Crippen molar-refractivity contribution in [3.8, 4) is 0 Å². The number of hydrogen-bond acceptors (Lipinski definition) is 4. The Morgan fingerprint density at radius 1 is 1.19 bits per heavy atom. The molecule has 1 heterocycles. The maximum atomic E-state index is 13.1. The summed E-state index contributed by atoms with van der Waals surface area (Å²) in [6.07, 6.45) is -3.06. The van der Waals surface area contributed by atoms with Gasteiger partial charge in [0.15, 0.2) is 0 Å². The summed E-state index contributed by atoms with van der Waals surface area (Å²) >= 11 is 0. The molecule has 0 bridgehead atoms. The number of carbonyl (C=O) groups is 2. The van der Waals surface area contributed by atoms with Crippen LogP contribution in [0.2, 0.25) is 0 Å². The van der Waals surface area contributed by atoms with Gasteiger partial charge in [-0.25, -0.2) is 0 Å². The zero-order valence-electron chi connectivity index (χ0n) is 18.3. The number of rotatable bonds is 6. The fraction of sp³-hybridized carbons (Fsp3) is 0.391. The minimum atomic E-state index is -4.41. The number of carboxylic acid groups (broad SMARTS) is 1. The van der Waals surface area contributed by atoms with Crippen LogP contribution in [-0.4, -0.2) is 28.9 Å². The molecule has 1 aliphatic heterocycles. The van der Waals surface area contributed by atoms with Gasteiger partial charge in [-0.1, -0.05) is 42.5 Å². The van der Waals surface area contributed by atoms with Crippen LogP contribution in [0.3, 0.4) is 0 Å². The number of hydrogen-bond donors (Lipinski definition) is 1. The van der Waals surface area contributed by atoms with Gasteiger partial charge in [0.2, 0.25) is 5.91 Å². The average molecular weight is 440 g/mol. The Bertz CT molecular complexity index is 966. The number of alkyl halides is 3. The third kappa shape index (κ3) is 5.74. The third-order valence-electron chi connectivity index (χ3n) is 5.90. The fourth-order valence-corrected chi connectivity index (χ4v) is 3.94. The number of amides is 1. The second kappa shape index (κ2) is 10.1. The SMILES string of the molecule is C[C@H](NC(=O)[C@@]1(C)CCCN1Cc1cccc(C(F)(F)F)c1)c1ccc(C(=O)[O-])cc1.[Li+]. The molecule has 1 aliphatic rings. The number of aromatic carboxylic acids is 1. The smallest absolute Gasteiger partial charge is 0.545 e. The quantitative estimate of drug-likeness (QED) is 0.657. The van der Waals surface area contributed by atoms with E-state index < -0.39 is 23.2 Å². The molecule has 0 unspecified atom stereocenters. The van der Waals surface area contributed by atoms with Crippen molar-refractivity contribution in [1.29, 1.82) is 0 Å². The standard InChI is InChI=1S/C23H25F3N2O3.Li/c1-15(17-7-9-18(10-8-17)20(29)30)27-21(31)22(2)11-4-12-28(22)14-16-5-3-6-19(13-16)23(24,25)26;/h3,5-10,13,15H,4,11-12,14H2,1-2H3,(H,27,31)(H,29,30);/q;+1/p-1/t15-,22+;/m0./s1. The Kier molecular flexibility index (Phi) is 8.21. The third-order valence-corrected chi connectivity index (χ3v) is 5.90. The van der Waals surface area contributed by atoms with Crippen molar-refractivity contribution < 1.29 is 46.7 Å². The van der Waals surface area contributed by atoms with Gasteiger partial charge in [-0.2, -0.15) is 13.2 Å². The van der Waals surface area contributed by atoms with E-state index in [0.717, 1.165) is 24.1 Å². The number of benzene rings is 2.